The van der Waals surface area contributed by atoms with Crippen molar-refractivity contribution in [3.8, 4) is 0 Å². The highest BCUT2D eigenvalue weighted by Crippen LogP contribution is 2.21. The fourth-order valence-corrected chi connectivity index (χ4v) is 2.05. The number of esters is 1. The maximum atomic E-state index is 12.5. The fourth-order valence-electron chi connectivity index (χ4n) is 1.69. The van der Waals surface area contributed by atoms with Crippen LogP contribution in [0.25, 0.3) is 0 Å². The smallest absolute Gasteiger partial charge is 0.325 e. The molecule has 0 saturated carbocycles. The molecule has 1 aromatic carbocycles. The van der Waals surface area contributed by atoms with Crippen molar-refractivity contribution in [2.75, 3.05) is 13.7 Å². The van der Waals surface area contributed by atoms with Crippen LogP contribution in [-0.4, -0.2) is 36.5 Å². The van der Waals surface area contributed by atoms with Crippen LogP contribution < -0.4 is 0 Å². The van der Waals surface area contributed by atoms with Gasteiger partial charge in [-0.3, -0.25) is 9.59 Å². The van der Waals surface area contributed by atoms with Gasteiger partial charge in [-0.05, 0) is 38.5 Å². The van der Waals surface area contributed by atoms with Gasteiger partial charge in [-0.1, -0.05) is 22.0 Å². The monoisotopic (exact) mass is 327 g/mol. The third-order valence-corrected chi connectivity index (χ3v) is 3.77. The number of ether oxygens (including phenoxy) is 1. The van der Waals surface area contributed by atoms with E-state index in [-0.39, 0.29) is 18.5 Å². The van der Waals surface area contributed by atoms with Gasteiger partial charge in [0.25, 0.3) is 5.91 Å². The molecule has 0 aliphatic carbocycles. The Balaban J connectivity index is 3.06. The van der Waals surface area contributed by atoms with Gasteiger partial charge < -0.3 is 9.64 Å². The molecule has 19 heavy (non-hydrogen) atoms. The SMILES string of the molecule is COC(=O)CN(C(=O)c1cccc(Br)c1C)C(C)C. The van der Waals surface area contributed by atoms with Crippen LogP contribution in [0, 0.1) is 6.92 Å². The van der Waals surface area contributed by atoms with Gasteiger partial charge in [-0.25, -0.2) is 0 Å². The van der Waals surface area contributed by atoms with Gasteiger partial charge in [-0.15, -0.1) is 0 Å². The summed E-state index contributed by atoms with van der Waals surface area (Å²) >= 11 is 3.40. The molecule has 4 nitrogen and oxygen atoms in total. The first-order valence-electron chi connectivity index (χ1n) is 6.01. The van der Waals surface area contributed by atoms with Crippen LogP contribution in [0.1, 0.15) is 29.8 Å². The lowest BCUT2D eigenvalue weighted by atomic mass is 10.1. The molecule has 0 bridgehead atoms. The Kier molecular flexibility index (Phi) is 5.54. The van der Waals surface area contributed by atoms with Crippen LogP contribution in [0.5, 0.6) is 0 Å². The molecule has 0 radical (unpaired) electrons. The molecule has 1 rings (SSSR count). The van der Waals surface area contributed by atoms with Gasteiger partial charge in [0.1, 0.15) is 6.54 Å². The highest BCUT2D eigenvalue weighted by molar-refractivity contribution is 9.10. The second kappa shape index (κ2) is 6.70. The number of nitrogens with zero attached hydrogens (tertiary/aromatic N) is 1. The van der Waals surface area contributed by atoms with Crippen LogP contribution in [0.15, 0.2) is 22.7 Å². The number of halogens is 1. The zero-order valence-electron chi connectivity index (χ0n) is 11.6. The number of carbonyl (C=O) groups excluding carboxylic acids is 2. The number of hydrogen-bond donors (Lipinski definition) is 0. The van der Waals surface area contributed by atoms with E-state index in [4.69, 9.17) is 0 Å². The van der Waals surface area contributed by atoms with E-state index in [9.17, 15) is 9.59 Å². The van der Waals surface area contributed by atoms with Crippen molar-refractivity contribution in [1.29, 1.82) is 0 Å². The number of carbonyl (C=O) groups is 2. The van der Waals surface area contributed by atoms with E-state index in [1.807, 2.05) is 26.8 Å². The van der Waals surface area contributed by atoms with Crippen LogP contribution in [0.4, 0.5) is 0 Å². The zero-order chi connectivity index (χ0) is 14.6. The van der Waals surface area contributed by atoms with Crippen LogP contribution in [-0.2, 0) is 9.53 Å². The average Bonchev–Trinajstić information content (AvgIpc) is 2.37. The second-order valence-corrected chi connectivity index (χ2v) is 5.37. The standard InChI is InChI=1S/C14H18BrNO3/c1-9(2)16(8-13(17)19-4)14(18)11-6-5-7-12(15)10(11)3/h5-7,9H,8H2,1-4H3. The van der Waals surface area contributed by atoms with E-state index in [0.29, 0.717) is 5.56 Å². The van der Waals surface area contributed by atoms with Gasteiger partial charge in [-0.2, -0.15) is 0 Å². The Bertz CT molecular complexity index is 486. The van der Waals surface area contributed by atoms with Crippen LogP contribution in [0.3, 0.4) is 0 Å². The quantitative estimate of drug-likeness (QED) is 0.799. The first-order valence-corrected chi connectivity index (χ1v) is 6.80. The minimum Gasteiger partial charge on any atom is -0.468 e. The molecule has 0 heterocycles. The number of amides is 1. The largest absolute Gasteiger partial charge is 0.468 e. The molecule has 0 spiro atoms. The molecule has 0 unspecified atom stereocenters. The van der Waals surface area contributed by atoms with Crippen molar-refractivity contribution in [1.82, 2.24) is 4.90 Å². The van der Waals surface area contributed by atoms with Crippen molar-refractivity contribution in [2.45, 2.75) is 26.8 Å². The molecule has 0 aliphatic heterocycles. The Morgan fingerprint density at radius 3 is 2.53 bits per heavy atom. The molecule has 0 aromatic heterocycles. The number of benzene rings is 1. The fraction of sp³-hybridized carbons (Fsp3) is 0.429. The number of rotatable bonds is 4. The molecule has 1 aromatic rings. The van der Waals surface area contributed by atoms with E-state index in [2.05, 4.69) is 20.7 Å². The van der Waals surface area contributed by atoms with E-state index < -0.39 is 5.97 Å². The minimum atomic E-state index is -0.422. The second-order valence-electron chi connectivity index (χ2n) is 4.52. The molecule has 0 N–H and O–H groups in total. The number of hydrogen-bond acceptors (Lipinski definition) is 3. The summed E-state index contributed by atoms with van der Waals surface area (Å²) in [6, 6.07) is 5.37. The van der Waals surface area contributed by atoms with Crippen molar-refractivity contribution >= 4 is 27.8 Å². The molecular weight excluding hydrogens is 310 g/mol. The molecule has 5 heteroatoms. The predicted octanol–water partition coefficient (Wildman–Crippen LogP) is 2.78. The highest BCUT2D eigenvalue weighted by Gasteiger charge is 2.23. The predicted molar refractivity (Wildman–Crippen MR) is 77.1 cm³/mol. The summed E-state index contributed by atoms with van der Waals surface area (Å²) in [7, 11) is 1.32. The molecule has 1 amide bonds. The summed E-state index contributed by atoms with van der Waals surface area (Å²) in [5.41, 5.74) is 1.45. The lowest BCUT2D eigenvalue weighted by molar-refractivity contribution is -0.141. The summed E-state index contributed by atoms with van der Waals surface area (Å²) in [6.07, 6.45) is 0. The topological polar surface area (TPSA) is 46.6 Å². The van der Waals surface area contributed by atoms with E-state index in [0.717, 1.165) is 10.0 Å². The van der Waals surface area contributed by atoms with Crippen molar-refractivity contribution < 1.29 is 14.3 Å². The average molecular weight is 328 g/mol. The molecular formula is C14H18BrNO3. The van der Waals surface area contributed by atoms with Crippen molar-refractivity contribution in [3.05, 3.63) is 33.8 Å². The van der Waals surface area contributed by atoms with E-state index in [1.165, 1.54) is 12.0 Å². The molecule has 0 saturated heterocycles. The third kappa shape index (κ3) is 3.80. The van der Waals surface area contributed by atoms with Crippen LogP contribution in [0.2, 0.25) is 0 Å². The van der Waals surface area contributed by atoms with Gasteiger partial charge in [0, 0.05) is 16.1 Å². The molecule has 0 fully saturated rings. The lowest BCUT2D eigenvalue weighted by Crippen LogP contribution is -2.41. The summed E-state index contributed by atoms with van der Waals surface area (Å²) in [4.78, 5) is 25.4. The first kappa shape index (κ1) is 15.7. The Morgan fingerprint density at radius 1 is 1.37 bits per heavy atom. The van der Waals surface area contributed by atoms with Gasteiger partial charge in [0.2, 0.25) is 0 Å². The van der Waals surface area contributed by atoms with Gasteiger partial charge in [0.05, 0.1) is 7.11 Å². The van der Waals surface area contributed by atoms with Gasteiger partial charge in [0.15, 0.2) is 0 Å². The zero-order valence-corrected chi connectivity index (χ0v) is 13.2. The van der Waals surface area contributed by atoms with Crippen LogP contribution >= 0.6 is 15.9 Å². The maximum Gasteiger partial charge on any atom is 0.325 e. The normalized spacial score (nSPS) is 10.4. The first-order chi connectivity index (χ1) is 8.88. The maximum absolute atomic E-state index is 12.5. The Hall–Kier alpha value is -1.36. The lowest BCUT2D eigenvalue weighted by Gasteiger charge is -2.26. The summed E-state index contributed by atoms with van der Waals surface area (Å²) in [6.45, 7) is 5.56. The number of methoxy groups -OCH3 is 1. The van der Waals surface area contributed by atoms with Crippen molar-refractivity contribution in [2.24, 2.45) is 0 Å². The summed E-state index contributed by atoms with van der Waals surface area (Å²) < 4.78 is 5.50. The van der Waals surface area contributed by atoms with Gasteiger partial charge >= 0.3 is 5.97 Å². The van der Waals surface area contributed by atoms with E-state index in [1.54, 1.807) is 12.1 Å². The third-order valence-electron chi connectivity index (χ3n) is 2.91. The van der Waals surface area contributed by atoms with Crippen molar-refractivity contribution in [3.63, 3.8) is 0 Å². The molecule has 104 valence electrons. The molecule has 0 atom stereocenters. The summed E-state index contributed by atoms with van der Waals surface area (Å²) in [5, 5.41) is 0. The highest BCUT2D eigenvalue weighted by atomic mass is 79.9. The van der Waals surface area contributed by atoms with E-state index >= 15 is 0 Å². The minimum absolute atomic E-state index is 0.0427. The Morgan fingerprint density at radius 2 is 2.00 bits per heavy atom. The molecule has 0 aliphatic rings. The Labute approximate surface area is 121 Å². The summed E-state index contributed by atoms with van der Waals surface area (Å²) in [5.74, 6) is -0.589.